The highest BCUT2D eigenvalue weighted by molar-refractivity contribution is 4.85. The summed E-state index contributed by atoms with van der Waals surface area (Å²) in [6.45, 7) is 0. The minimum atomic E-state index is 1.27. The molecule has 0 nitrogen and oxygen atoms in total. The highest BCUT2D eigenvalue weighted by Gasteiger charge is 1.90. The molecular weight excluding hydrogens is 168 g/mol. The fraction of sp³-hybridized carbons (Fsp3) is 0.714. The van der Waals surface area contributed by atoms with E-state index < -0.39 is 0 Å². The first-order valence-electron chi connectivity index (χ1n) is 6.30. The van der Waals surface area contributed by atoms with Gasteiger partial charge >= 0.3 is 0 Å². The lowest BCUT2D eigenvalue weighted by Crippen LogP contribution is -1.79. The van der Waals surface area contributed by atoms with Crippen LogP contribution in [-0.2, 0) is 0 Å². The fourth-order valence-electron chi connectivity index (χ4n) is 1.88. The van der Waals surface area contributed by atoms with Gasteiger partial charge < -0.3 is 0 Å². The molecular formula is C14H24. The topological polar surface area (TPSA) is 0 Å². The van der Waals surface area contributed by atoms with E-state index in [4.69, 9.17) is 0 Å². The Bertz CT molecular complexity index is 147. The van der Waals surface area contributed by atoms with Gasteiger partial charge in [0.05, 0.1) is 0 Å². The van der Waals surface area contributed by atoms with Crippen LogP contribution in [0.4, 0.5) is 0 Å². The number of hydrogen-bond acceptors (Lipinski definition) is 0. The molecule has 14 heavy (non-hydrogen) atoms. The second-order valence-electron chi connectivity index (χ2n) is 4.22. The van der Waals surface area contributed by atoms with E-state index in [0.717, 1.165) is 0 Å². The summed E-state index contributed by atoms with van der Waals surface area (Å²) in [7, 11) is 0. The van der Waals surface area contributed by atoms with Gasteiger partial charge in [-0.1, -0.05) is 43.6 Å². The van der Waals surface area contributed by atoms with Gasteiger partial charge in [-0.15, -0.1) is 0 Å². The average molecular weight is 192 g/mol. The minimum absolute atomic E-state index is 1.27. The van der Waals surface area contributed by atoms with Crippen molar-refractivity contribution in [1.29, 1.82) is 0 Å². The Kier molecular flexibility index (Phi) is 7.47. The Hall–Kier alpha value is -0.520. The molecule has 1 aliphatic rings. The fourth-order valence-corrected chi connectivity index (χ4v) is 1.88. The first-order valence-corrected chi connectivity index (χ1v) is 6.30. The van der Waals surface area contributed by atoms with Crippen LogP contribution in [0.5, 0.6) is 0 Å². The second-order valence-corrected chi connectivity index (χ2v) is 4.22. The zero-order valence-corrected chi connectivity index (χ0v) is 9.38. The summed E-state index contributed by atoms with van der Waals surface area (Å²) in [6, 6.07) is 0. The molecule has 0 radical (unpaired) electrons. The van der Waals surface area contributed by atoms with Gasteiger partial charge in [0.25, 0.3) is 0 Å². The highest BCUT2D eigenvalue weighted by Crippen LogP contribution is 2.09. The first kappa shape index (κ1) is 11.6. The van der Waals surface area contributed by atoms with Crippen molar-refractivity contribution in [1.82, 2.24) is 0 Å². The minimum Gasteiger partial charge on any atom is -0.0885 e. The lowest BCUT2D eigenvalue weighted by atomic mass is 10.1. The summed E-state index contributed by atoms with van der Waals surface area (Å²) < 4.78 is 0. The van der Waals surface area contributed by atoms with E-state index in [1.165, 1.54) is 64.2 Å². The van der Waals surface area contributed by atoms with E-state index >= 15 is 0 Å². The van der Waals surface area contributed by atoms with E-state index in [1.807, 2.05) is 0 Å². The molecule has 0 spiro atoms. The highest BCUT2D eigenvalue weighted by atomic mass is 14.0. The summed E-state index contributed by atoms with van der Waals surface area (Å²) >= 11 is 0. The van der Waals surface area contributed by atoms with Crippen LogP contribution in [0.25, 0.3) is 0 Å². The van der Waals surface area contributed by atoms with Gasteiger partial charge in [-0.2, -0.15) is 0 Å². The van der Waals surface area contributed by atoms with Gasteiger partial charge in [0.2, 0.25) is 0 Å². The Balaban J connectivity index is 2.16. The summed E-state index contributed by atoms with van der Waals surface area (Å²) in [5.41, 5.74) is 0. The van der Waals surface area contributed by atoms with Crippen LogP contribution in [0.2, 0.25) is 0 Å². The molecule has 0 aromatic carbocycles. The molecule has 0 N–H and O–H groups in total. The van der Waals surface area contributed by atoms with Gasteiger partial charge in [0.1, 0.15) is 0 Å². The van der Waals surface area contributed by atoms with Crippen molar-refractivity contribution in [2.45, 2.75) is 64.2 Å². The molecule has 0 aromatic rings. The quantitative estimate of drug-likeness (QED) is 0.473. The third kappa shape index (κ3) is 6.94. The van der Waals surface area contributed by atoms with Crippen molar-refractivity contribution in [2.24, 2.45) is 0 Å². The Labute approximate surface area is 89.1 Å². The molecule has 0 unspecified atom stereocenters. The molecule has 0 fully saturated rings. The maximum Gasteiger partial charge on any atom is -0.0348 e. The van der Waals surface area contributed by atoms with E-state index in [2.05, 4.69) is 24.3 Å². The molecule has 0 heterocycles. The number of rotatable bonds is 0. The monoisotopic (exact) mass is 192 g/mol. The summed E-state index contributed by atoms with van der Waals surface area (Å²) in [5.74, 6) is 0. The number of hydrogen-bond donors (Lipinski definition) is 0. The maximum absolute atomic E-state index is 2.37. The van der Waals surface area contributed by atoms with Crippen LogP contribution >= 0.6 is 0 Å². The van der Waals surface area contributed by atoms with Gasteiger partial charge in [-0.3, -0.25) is 0 Å². The van der Waals surface area contributed by atoms with E-state index in [0.29, 0.717) is 0 Å². The Morgan fingerprint density at radius 2 is 0.714 bits per heavy atom. The number of allylic oxidation sites excluding steroid dienone is 4. The smallest absolute Gasteiger partial charge is 0.0348 e. The standard InChI is InChI=1S/C14H24/c1-2-4-6-8-10-12-14-13-11-9-7-5-3-1/h1-2,9,11H,3-8,10,12-14H2/b2-1-,11-9+. The van der Waals surface area contributed by atoms with Crippen molar-refractivity contribution in [2.75, 3.05) is 0 Å². The maximum atomic E-state index is 2.37. The van der Waals surface area contributed by atoms with Crippen LogP contribution < -0.4 is 0 Å². The SMILES string of the molecule is C1=C\CCCCCCC/C=C/CCC/1. The van der Waals surface area contributed by atoms with Crippen LogP contribution in [0.3, 0.4) is 0 Å². The van der Waals surface area contributed by atoms with E-state index in [-0.39, 0.29) is 0 Å². The largest absolute Gasteiger partial charge is 0.0885 e. The van der Waals surface area contributed by atoms with Crippen molar-refractivity contribution in [3.8, 4) is 0 Å². The predicted octanol–water partition coefficient (Wildman–Crippen LogP) is 5.01. The summed E-state index contributed by atoms with van der Waals surface area (Å²) in [6.07, 6.45) is 23.0. The molecule has 1 aliphatic carbocycles. The van der Waals surface area contributed by atoms with Crippen LogP contribution in [0, 0.1) is 0 Å². The lowest BCUT2D eigenvalue weighted by Gasteiger charge is -1.99. The first-order chi connectivity index (χ1) is 7.00. The summed E-state index contributed by atoms with van der Waals surface area (Å²) in [5, 5.41) is 0. The Morgan fingerprint density at radius 3 is 1.21 bits per heavy atom. The van der Waals surface area contributed by atoms with Crippen molar-refractivity contribution in [3.63, 3.8) is 0 Å². The molecule has 0 saturated heterocycles. The molecule has 0 aromatic heterocycles. The van der Waals surface area contributed by atoms with Crippen molar-refractivity contribution < 1.29 is 0 Å². The van der Waals surface area contributed by atoms with Crippen LogP contribution in [0.1, 0.15) is 64.2 Å². The molecule has 0 saturated carbocycles. The predicted molar refractivity (Wildman–Crippen MR) is 64.5 cm³/mol. The third-order valence-corrected chi connectivity index (χ3v) is 2.82. The van der Waals surface area contributed by atoms with E-state index in [1.54, 1.807) is 0 Å². The van der Waals surface area contributed by atoms with Crippen LogP contribution in [0.15, 0.2) is 24.3 Å². The molecule has 0 atom stereocenters. The van der Waals surface area contributed by atoms with Crippen molar-refractivity contribution >= 4 is 0 Å². The van der Waals surface area contributed by atoms with Gasteiger partial charge in [-0.25, -0.2) is 0 Å². The molecule has 0 aliphatic heterocycles. The summed E-state index contributed by atoms with van der Waals surface area (Å²) in [4.78, 5) is 0. The molecule has 0 heteroatoms. The van der Waals surface area contributed by atoms with Crippen LogP contribution in [-0.4, -0.2) is 0 Å². The molecule has 1 rings (SSSR count). The van der Waals surface area contributed by atoms with Crippen molar-refractivity contribution in [3.05, 3.63) is 24.3 Å². The van der Waals surface area contributed by atoms with E-state index in [9.17, 15) is 0 Å². The van der Waals surface area contributed by atoms with Gasteiger partial charge in [0.15, 0.2) is 0 Å². The zero-order valence-electron chi connectivity index (χ0n) is 9.38. The second kappa shape index (κ2) is 9.05. The lowest BCUT2D eigenvalue weighted by molar-refractivity contribution is 0.620. The van der Waals surface area contributed by atoms with Gasteiger partial charge in [-0.05, 0) is 44.9 Å². The van der Waals surface area contributed by atoms with Gasteiger partial charge in [0, 0.05) is 0 Å². The zero-order chi connectivity index (χ0) is 9.90. The Morgan fingerprint density at radius 1 is 0.357 bits per heavy atom. The normalized spacial score (nSPS) is 26.3. The molecule has 80 valence electrons. The average Bonchev–Trinajstić information content (AvgIpc) is 2.22. The molecule has 0 bridgehead atoms. The molecule has 0 amide bonds. The third-order valence-electron chi connectivity index (χ3n) is 2.82.